The maximum atomic E-state index is 6.53. The molecule has 32 rings (SSSR count). The van der Waals surface area contributed by atoms with Gasteiger partial charge < -0.3 is 4.42 Å². The second-order valence-corrected chi connectivity index (χ2v) is 39.2. The van der Waals surface area contributed by atoms with E-state index in [2.05, 4.69) is 323 Å². The summed E-state index contributed by atoms with van der Waals surface area (Å²) in [6.45, 7) is 0. The minimum absolute atomic E-state index is 0.434. The fourth-order valence-electron chi connectivity index (χ4n) is 22.1. The molecule has 11 aromatic heterocycles. The van der Waals surface area contributed by atoms with Gasteiger partial charge in [0.1, 0.15) is 21.8 Å². The molecule has 0 aliphatic rings. The van der Waals surface area contributed by atoms with Crippen molar-refractivity contribution in [3.8, 4) is 97.7 Å². The van der Waals surface area contributed by atoms with Gasteiger partial charge in [-0.25, -0.2) is 54.8 Å². The van der Waals surface area contributed by atoms with Crippen LogP contribution in [-0.2, 0) is 0 Å². The quantitative estimate of drug-likeness (QED) is 0.126. The molecule has 11 heterocycles. The third kappa shape index (κ3) is 13.6. The number of furan rings is 1. The lowest BCUT2D eigenvalue weighted by Gasteiger charge is -2.12. The molecule has 0 N–H and O–H groups in total. The van der Waals surface area contributed by atoms with Crippen LogP contribution in [0.3, 0.4) is 0 Å². The zero-order valence-corrected chi connectivity index (χ0v) is 80.4. The van der Waals surface area contributed by atoms with E-state index in [0.717, 1.165) is 146 Å². The van der Waals surface area contributed by atoms with Crippen molar-refractivity contribution in [1.82, 2.24) is 73.5 Å². The summed E-state index contributed by atoms with van der Waals surface area (Å²) in [5.74, 6) is 4.96. The minimum Gasteiger partial charge on any atom is -0.437 e. The predicted molar refractivity (Wildman–Crippen MR) is 610 cm³/mol. The van der Waals surface area contributed by atoms with E-state index in [4.69, 9.17) is 64.2 Å². The highest BCUT2D eigenvalue weighted by atomic mass is 32.1. The third-order valence-electron chi connectivity index (χ3n) is 28.7. The number of hydrogen-bond acceptors (Lipinski definition) is 15. The van der Waals surface area contributed by atoms with Gasteiger partial charge in [-0.15, -0.1) is 22.7 Å². The SMILES string of the molecule is c1ccc(-c2nc(-c3ccccc3)nc(-c3nc(-n4c5ccc6ccccc6c5c5ccc6ccccc6c54)nc4oc5ccccc5c34)n2)cc1.c1ccc(-c2nc(-c3ccccc3)nc(-c3nc(-n4c5ccc6ccccc6c5c5ccc6ccccc6c54)nc4sc5ccccc5c34)n2)cc1.c1ccc(-c2nc(-n3c4ccc5ccccc5c4c4ccc5ccccc5c43)nc3c2sc2ccc4ccccc4c23)cc1. The average molecular weight is 1930 g/mol. The maximum absolute atomic E-state index is 6.53. The van der Waals surface area contributed by atoms with Crippen molar-refractivity contribution in [2.24, 2.45) is 0 Å². The van der Waals surface area contributed by atoms with Crippen molar-refractivity contribution < 1.29 is 4.42 Å². The lowest BCUT2D eigenvalue weighted by molar-refractivity contribution is 0.651. The molecule has 32 aromatic rings. The molecule has 0 saturated carbocycles. The summed E-state index contributed by atoms with van der Waals surface area (Å²) in [6, 6.07) is 158. The van der Waals surface area contributed by atoms with Gasteiger partial charge >= 0.3 is 0 Å². The van der Waals surface area contributed by atoms with Gasteiger partial charge in [0.25, 0.3) is 0 Å². The second kappa shape index (κ2) is 34.0. The second-order valence-electron chi connectivity index (χ2n) is 37.2. The van der Waals surface area contributed by atoms with Crippen LogP contribution in [0.15, 0.2) is 459 Å². The number of para-hydroxylation sites is 1. The average Bonchev–Trinajstić information content (AvgIpc) is 1.55. The summed E-state index contributed by atoms with van der Waals surface area (Å²) in [5, 5.41) is 28.4. The third-order valence-corrected chi connectivity index (χ3v) is 31.0. The highest BCUT2D eigenvalue weighted by Gasteiger charge is 2.31. The summed E-state index contributed by atoms with van der Waals surface area (Å²) in [5.41, 5.74) is 15.4. The normalized spacial score (nSPS) is 11.9. The van der Waals surface area contributed by atoms with E-state index in [1.165, 1.54) is 80.1 Å². The van der Waals surface area contributed by atoms with E-state index in [1.807, 2.05) is 146 Å². The van der Waals surface area contributed by atoms with Gasteiger partial charge in [0.2, 0.25) is 23.6 Å². The maximum Gasteiger partial charge on any atom is 0.238 e. The first-order valence-electron chi connectivity index (χ1n) is 49.2. The van der Waals surface area contributed by atoms with Crippen molar-refractivity contribution in [3.63, 3.8) is 0 Å². The van der Waals surface area contributed by atoms with Gasteiger partial charge in [-0.1, -0.05) is 419 Å². The van der Waals surface area contributed by atoms with E-state index < -0.39 is 0 Å². The van der Waals surface area contributed by atoms with E-state index in [0.29, 0.717) is 75.5 Å². The molecule has 16 nitrogen and oxygen atoms in total. The van der Waals surface area contributed by atoms with Gasteiger partial charge in [0.15, 0.2) is 34.9 Å². The van der Waals surface area contributed by atoms with E-state index in [1.54, 1.807) is 22.7 Å². The van der Waals surface area contributed by atoms with Gasteiger partial charge in [-0.05, 0) is 95.6 Å². The standard InChI is InChI=1S/C45H26N6O.C45H26N6S.C40H23N3S/c2*1-3-15-29(16-4-1)41-47-42(30-17-5-2-6-18-30)49-43(48-41)39-38-33-21-11-12-22-36(33)52-44(38)50-45(46-39)51-35-26-24-27-13-7-9-19-31(27)37(35)34-25-23-28-14-8-10-20-32(28)40(34)51;1-2-13-27(14-3-1)36-39-37(35-29-16-8-5-11-25(29)20-23-33(35)44-39)42-40(41-36)43-32-22-19-24-10-4-7-15-28(24)34(32)31-21-18-26-12-6-9-17-30(26)38(31)43/h2*1-26H;1-23H. The molecule has 18 heteroatoms. The fraction of sp³-hybridized carbons (Fsp3) is 0. The van der Waals surface area contributed by atoms with Crippen LogP contribution < -0.4 is 0 Å². The highest BCUT2D eigenvalue weighted by Crippen LogP contribution is 2.50. The molecule has 0 spiro atoms. The van der Waals surface area contributed by atoms with Crippen LogP contribution in [0.2, 0.25) is 0 Å². The molecule has 0 atom stereocenters. The number of hydrogen-bond donors (Lipinski definition) is 0. The number of nitrogens with zero attached hydrogens (tertiary/aromatic N) is 15. The number of fused-ring (bicyclic) bond motifs is 32. The molecular weight excluding hydrogens is 1850 g/mol. The summed E-state index contributed by atoms with van der Waals surface area (Å²) in [7, 11) is 0. The molecule has 0 bridgehead atoms. The van der Waals surface area contributed by atoms with Crippen molar-refractivity contribution in [3.05, 3.63) is 455 Å². The van der Waals surface area contributed by atoms with Crippen LogP contribution in [0.25, 0.3) is 301 Å². The number of thiophene rings is 2. The first-order chi connectivity index (χ1) is 73.4. The number of rotatable bonds is 10. The minimum atomic E-state index is 0.434. The van der Waals surface area contributed by atoms with Crippen molar-refractivity contribution in [1.29, 1.82) is 0 Å². The van der Waals surface area contributed by atoms with Gasteiger partial charge in [0, 0.05) is 107 Å². The van der Waals surface area contributed by atoms with Crippen LogP contribution in [0.4, 0.5) is 0 Å². The van der Waals surface area contributed by atoms with Crippen molar-refractivity contribution in [2.45, 2.75) is 0 Å². The number of benzene rings is 21. The zero-order chi connectivity index (χ0) is 97.1. The van der Waals surface area contributed by atoms with Gasteiger partial charge in [0.05, 0.1) is 54.4 Å². The lowest BCUT2D eigenvalue weighted by Crippen LogP contribution is -2.06. The van der Waals surface area contributed by atoms with Crippen LogP contribution in [0.1, 0.15) is 0 Å². The number of aromatic nitrogens is 15. The molecule has 0 radical (unpaired) electrons. The van der Waals surface area contributed by atoms with Crippen molar-refractivity contribution in [2.75, 3.05) is 0 Å². The largest absolute Gasteiger partial charge is 0.437 e. The summed E-state index contributed by atoms with van der Waals surface area (Å²) >= 11 is 3.45. The van der Waals surface area contributed by atoms with Crippen LogP contribution in [-0.4, -0.2) is 73.5 Å². The Morgan fingerprint density at radius 2 is 0.493 bits per heavy atom. The Morgan fingerprint density at radius 1 is 0.182 bits per heavy atom. The Hall–Kier alpha value is -19.7. The van der Waals surface area contributed by atoms with Crippen LogP contribution in [0.5, 0.6) is 0 Å². The summed E-state index contributed by atoms with van der Waals surface area (Å²) in [4.78, 5) is 63.8. The molecule has 21 aromatic carbocycles. The first kappa shape index (κ1) is 84.1. The molecule has 0 amide bonds. The Morgan fingerprint density at radius 3 is 0.919 bits per heavy atom. The van der Waals surface area contributed by atoms with E-state index in [9.17, 15) is 0 Å². The molecule has 0 saturated heterocycles. The smallest absolute Gasteiger partial charge is 0.238 e. The Kier molecular flexibility index (Phi) is 19.3. The Bertz CT molecular complexity index is 10600. The van der Waals surface area contributed by atoms with Crippen LogP contribution in [0, 0.1) is 0 Å². The Labute approximate surface area is 850 Å². The van der Waals surface area contributed by atoms with E-state index in [-0.39, 0.29) is 0 Å². The van der Waals surface area contributed by atoms with Crippen LogP contribution >= 0.6 is 22.7 Å². The predicted octanol–water partition coefficient (Wildman–Crippen LogP) is 33.5. The molecule has 0 fully saturated rings. The summed E-state index contributed by atoms with van der Waals surface area (Å²) < 4.78 is 16.7. The highest BCUT2D eigenvalue weighted by molar-refractivity contribution is 7.26. The van der Waals surface area contributed by atoms with Gasteiger partial charge in [-0.3, -0.25) is 13.7 Å². The molecule has 0 aliphatic carbocycles. The topological polar surface area (TPSA) is 183 Å². The molecule has 688 valence electrons. The lowest BCUT2D eigenvalue weighted by atomic mass is 10.0. The first-order valence-corrected chi connectivity index (χ1v) is 50.9. The summed E-state index contributed by atoms with van der Waals surface area (Å²) in [6.07, 6.45) is 0. The van der Waals surface area contributed by atoms with E-state index >= 15 is 0 Å². The zero-order valence-electron chi connectivity index (χ0n) is 78.7. The van der Waals surface area contributed by atoms with Crippen molar-refractivity contribution >= 4 is 226 Å². The Balaban J connectivity index is 0.000000103. The monoisotopic (exact) mass is 1930 g/mol. The fourth-order valence-corrected chi connectivity index (χ4v) is 24.4. The molecular formula is C130H75N15OS2. The molecule has 0 unspecified atom stereocenters. The molecule has 148 heavy (non-hydrogen) atoms. The van der Waals surface area contributed by atoms with Gasteiger partial charge in [-0.2, -0.15) is 4.98 Å². The molecule has 0 aliphatic heterocycles.